The number of nitrogens with zero attached hydrogens (tertiary/aromatic N) is 5. The van der Waals surface area contributed by atoms with E-state index in [9.17, 15) is 9.59 Å². The Hall–Kier alpha value is -3.75. The molecule has 9 heteroatoms. The molecule has 0 bridgehead atoms. The molecule has 1 aliphatic heterocycles. The highest BCUT2D eigenvalue weighted by molar-refractivity contribution is 6.02. The fraction of sp³-hybridized carbons (Fsp3) is 0.250. The number of nitrogen functional groups attached to an aromatic ring is 1. The normalized spacial score (nSPS) is 16.0. The van der Waals surface area contributed by atoms with Crippen LogP contribution in [0.5, 0.6) is 5.75 Å². The highest BCUT2D eigenvalue weighted by Crippen LogP contribution is 2.26. The van der Waals surface area contributed by atoms with Crippen molar-refractivity contribution in [2.75, 3.05) is 25.9 Å². The standard InChI is InChI=1S/C20H20N6O3/c1-29-15-4-2-14(3-5-15)26-19(21)16(10-24-26)18(27)13-6-9-25(12-13)20(28)17-11-22-7-8-23-17/h2-5,7-8,10-11,13H,6,9,12,21H2,1H3/t13-/m0/s1. The van der Waals surface area contributed by atoms with Crippen molar-refractivity contribution in [1.82, 2.24) is 24.6 Å². The summed E-state index contributed by atoms with van der Waals surface area (Å²) in [5.74, 6) is 0.326. The summed E-state index contributed by atoms with van der Waals surface area (Å²) in [6.45, 7) is 0.805. The van der Waals surface area contributed by atoms with Crippen molar-refractivity contribution in [3.05, 3.63) is 60.3 Å². The number of rotatable bonds is 5. The van der Waals surface area contributed by atoms with Gasteiger partial charge in [0.25, 0.3) is 5.91 Å². The maximum absolute atomic E-state index is 13.0. The van der Waals surface area contributed by atoms with Gasteiger partial charge >= 0.3 is 0 Å². The van der Waals surface area contributed by atoms with Gasteiger partial charge in [-0.1, -0.05) is 0 Å². The molecule has 4 rings (SSSR count). The molecule has 148 valence electrons. The molecule has 2 N–H and O–H groups in total. The van der Waals surface area contributed by atoms with Gasteiger partial charge < -0.3 is 15.4 Å². The summed E-state index contributed by atoms with van der Waals surface area (Å²) < 4.78 is 6.67. The van der Waals surface area contributed by atoms with E-state index in [4.69, 9.17) is 10.5 Å². The Balaban J connectivity index is 1.49. The molecule has 1 saturated heterocycles. The Morgan fingerprint density at radius 2 is 1.97 bits per heavy atom. The van der Waals surface area contributed by atoms with Crippen LogP contribution in [-0.4, -0.2) is 56.5 Å². The fourth-order valence-corrected chi connectivity index (χ4v) is 3.43. The van der Waals surface area contributed by atoms with Crippen molar-refractivity contribution in [3.8, 4) is 11.4 Å². The number of Topliss-reactive ketones (excluding diaryl/α,β-unsaturated/α-hetero) is 1. The first kappa shape index (κ1) is 18.6. The first-order valence-electron chi connectivity index (χ1n) is 9.16. The molecule has 29 heavy (non-hydrogen) atoms. The SMILES string of the molecule is COc1ccc(-n2ncc(C(=O)[C@H]3CCN(C(=O)c4cnccn4)C3)c2N)cc1. The number of methoxy groups -OCH3 is 1. The smallest absolute Gasteiger partial charge is 0.274 e. The van der Waals surface area contributed by atoms with E-state index in [1.165, 1.54) is 29.5 Å². The number of hydrogen-bond donors (Lipinski definition) is 1. The number of hydrogen-bond acceptors (Lipinski definition) is 7. The summed E-state index contributed by atoms with van der Waals surface area (Å²) in [4.78, 5) is 35.1. The van der Waals surface area contributed by atoms with Gasteiger partial charge in [0.1, 0.15) is 17.3 Å². The Morgan fingerprint density at radius 1 is 1.17 bits per heavy atom. The highest BCUT2D eigenvalue weighted by atomic mass is 16.5. The maximum atomic E-state index is 13.0. The van der Waals surface area contributed by atoms with Gasteiger partial charge in [-0.2, -0.15) is 5.10 Å². The Bertz CT molecular complexity index is 1030. The van der Waals surface area contributed by atoms with Crippen LogP contribution in [0.15, 0.2) is 49.1 Å². The zero-order valence-corrected chi connectivity index (χ0v) is 15.9. The van der Waals surface area contributed by atoms with E-state index in [0.29, 0.717) is 25.1 Å². The van der Waals surface area contributed by atoms with E-state index in [-0.39, 0.29) is 29.1 Å². The minimum absolute atomic E-state index is 0.114. The summed E-state index contributed by atoms with van der Waals surface area (Å²) in [5.41, 5.74) is 7.57. The molecule has 9 nitrogen and oxygen atoms in total. The fourth-order valence-electron chi connectivity index (χ4n) is 3.43. The van der Waals surface area contributed by atoms with E-state index < -0.39 is 0 Å². The van der Waals surface area contributed by atoms with Gasteiger partial charge in [0.05, 0.1) is 30.8 Å². The van der Waals surface area contributed by atoms with Crippen LogP contribution in [0, 0.1) is 5.92 Å². The molecule has 3 heterocycles. The number of ketones is 1. The van der Waals surface area contributed by atoms with Gasteiger partial charge in [-0.05, 0) is 30.7 Å². The average molecular weight is 392 g/mol. The molecule has 0 spiro atoms. The minimum Gasteiger partial charge on any atom is -0.497 e. The molecular formula is C20H20N6O3. The van der Waals surface area contributed by atoms with Crippen LogP contribution in [0.25, 0.3) is 5.69 Å². The lowest BCUT2D eigenvalue weighted by molar-refractivity contribution is 0.0774. The monoisotopic (exact) mass is 392 g/mol. The van der Waals surface area contributed by atoms with E-state index in [0.717, 1.165) is 11.4 Å². The molecule has 1 atom stereocenters. The minimum atomic E-state index is -0.327. The molecule has 1 amide bonds. The van der Waals surface area contributed by atoms with Gasteiger partial charge in [0.2, 0.25) is 0 Å². The molecule has 3 aromatic rings. The molecule has 1 fully saturated rings. The maximum Gasteiger partial charge on any atom is 0.274 e. The second kappa shape index (κ2) is 7.70. The Labute approximate surface area is 167 Å². The van der Waals surface area contributed by atoms with E-state index >= 15 is 0 Å². The molecule has 1 aliphatic rings. The lowest BCUT2D eigenvalue weighted by Gasteiger charge is -2.15. The highest BCUT2D eigenvalue weighted by Gasteiger charge is 2.34. The van der Waals surface area contributed by atoms with Gasteiger partial charge in [-0.25, -0.2) is 9.67 Å². The van der Waals surface area contributed by atoms with Crippen LogP contribution in [-0.2, 0) is 0 Å². The van der Waals surface area contributed by atoms with Crippen LogP contribution in [0.4, 0.5) is 5.82 Å². The average Bonchev–Trinajstić information content (AvgIpc) is 3.41. The number of benzene rings is 1. The van der Waals surface area contributed by atoms with Crippen LogP contribution in [0.1, 0.15) is 27.3 Å². The van der Waals surface area contributed by atoms with Crippen molar-refractivity contribution in [2.24, 2.45) is 5.92 Å². The third kappa shape index (κ3) is 3.54. The number of anilines is 1. The molecule has 0 radical (unpaired) electrons. The summed E-state index contributed by atoms with van der Waals surface area (Å²) in [6.07, 6.45) is 6.46. The molecule has 0 aliphatic carbocycles. The van der Waals surface area contributed by atoms with Crippen LogP contribution in [0.2, 0.25) is 0 Å². The van der Waals surface area contributed by atoms with Crippen LogP contribution >= 0.6 is 0 Å². The number of amides is 1. The van der Waals surface area contributed by atoms with Crippen molar-refractivity contribution in [3.63, 3.8) is 0 Å². The quantitative estimate of drug-likeness (QED) is 0.656. The summed E-state index contributed by atoms with van der Waals surface area (Å²) in [7, 11) is 1.59. The van der Waals surface area contributed by atoms with Gasteiger partial charge in [-0.3, -0.25) is 14.6 Å². The number of carbonyl (C=O) groups is 2. The summed E-state index contributed by atoms with van der Waals surface area (Å²) in [5, 5.41) is 4.27. The van der Waals surface area contributed by atoms with Gasteiger partial charge in [0, 0.05) is 31.4 Å². The van der Waals surface area contributed by atoms with Crippen LogP contribution in [0.3, 0.4) is 0 Å². The lowest BCUT2D eigenvalue weighted by atomic mass is 9.98. The molecule has 0 unspecified atom stereocenters. The van der Waals surface area contributed by atoms with E-state index in [1.54, 1.807) is 24.1 Å². The third-order valence-electron chi connectivity index (χ3n) is 5.02. The molecule has 0 saturated carbocycles. The van der Waals surface area contributed by atoms with Crippen molar-refractivity contribution >= 4 is 17.5 Å². The van der Waals surface area contributed by atoms with Crippen molar-refractivity contribution in [2.45, 2.75) is 6.42 Å². The van der Waals surface area contributed by atoms with Gasteiger partial charge in [0.15, 0.2) is 5.78 Å². The van der Waals surface area contributed by atoms with Crippen LogP contribution < -0.4 is 10.5 Å². The van der Waals surface area contributed by atoms with Crippen molar-refractivity contribution in [1.29, 1.82) is 0 Å². The van der Waals surface area contributed by atoms with E-state index in [2.05, 4.69) is 15.1 Å². The zero-order valence-electron chi connectivity index (χ0n) is 15.9. The summed E-state index contributed by atoms with van der Waals surface area (Å²) in [6, 6.07) is 7.22. The largest absolute Gasteiger partial charge is 0.497 e. The summed E-state index contributed by atoms with van der Waals surface area (Å²) >= 11 is 0. The predicted octanol–water partition coefficient (Wildman–Crippen LogP) is 1.60. The second-order valence-corrected chi connectivity index (χ2v) is 6.74. The lowest BCUT2D eigenvalue weighted by Crippen LogP contribution is -2.30. The molecular weight excluding hydrogens is 372 g/mol. The molecule has 1 aromatic carbocycles. The van der Waals surface area contributed by atoms with E-state index in [1.807, 2.05) is 12.1 Å². The van der Waals surface area contributed by atoms with Gasteiger partial charge in [-0.15, -0.1) is 0 Å². The number of ether oxygens (including phenoxy) is 1. The molecule has 2 aromatic heterocycles. The third-order valence-corrected chi connectivity index (χ3v) is 5.02. The number of likely N-dealkylation sites (tertiary alicyclic amines) is 1. The zero-order chi connectivity index (χ0) is 20.4. The Morgan fingerprint density at radius 3 is 2.66 bits per heavy atom. The topological polar surface area (TPSA) is 116 Å². The number of aromatic nitrogens is 4. The first-order valence-corrected chi connectivity index (χ1v) is 9.16. The second-order valence-electron chi connectivity index (χ2n) is 6.74. The predicted molar refractivity (Wildman–Crippen MR) is 105 cm³/mol. The van der Waals surface area contributed by atoms with Crippen molar-refractivity contribution < 1.29 is 14.3 Å². The first-order chi connectivity index (χ1) is 14.1. The number of nitrogens with two attached hydrogens (primary N) is 1. The Kier molecular flexibility index (Phi) is 4.94. The number of carbonyl (C=O) groups excluding carboxylic acids is 2.